The highest BCUT2D eigenvalue weighted by Gasteiger charge is 2.41. The molecule has 0 radical (unpaired) electrons. The average molecular weight is 294 g/mol. The molecule has 2 aliphatic rings. The predicted molar refractivity (Wildman–Crippen MR) is 79.0 cm³/mol. The van der Waals surface area contributed by atoms with Gasteiger partial charge in [-0.05, 0) is 56.6 Å². The molecule has 6 heteroatoms. The van der Waals surface area contributed by atoms with E-state index in [0.717, 1.165) is 37.9 Å². The van der Waals surface area contributed by atoms with Crippen LogP contribution in [-0.4, -0.2) is 33.6 Å². The molecule has 1 spiro atoms. The molecule has 3 rings (SSSR count). The fraction of sp³-hybridized carbons (Fsp3) is 0.786. The number of carbonyl (C=O) groups excluding carboxylic acids is 1. The lowest BCUT2D eigenvalue weighted by Crippen LogP contribution is -2.59. The fourth-order valence-electron chi connectivity index (χ4n) is 3.30. The fourth-order valence-corrected chi connectivity index (χ4v) is 3.91. The maximum atomic E-state index is 12.4. The molecule has 1 aromatic heterocycles. The van der Waals surface area contributed by atoms with E-state index in [-0.39, 0.29) is 5.91 Å². The van der Waals surface area contributed by atoms with Crippen molar-refractivity contribution in [2.45, 2.75) is 63.5 Å². The second-order valence-corrected chi connectivity index (χ2v) is 6.78. The van der Waals surface area contributed by atoms with Gasteiger partial charge in [-0.15, -0.1) is 5.10 Å². The van der Waals surface area contributed by atoms with Gasteiger partial charge in [-0.1, -0.05) is 17.8 Å². The Kier molecular flexibility index (Phi) is 4.03. The number of carbonyl (C=O) groups is 1. The SMILES string of the molecule is CCCc1nnsc1C(=O)NC1CCNC2(CCC2)C1. The van der Waals surface area contributed by atoms with E-state index in [4.69, 9.17) is 0 Å². The molecule has 20 heavy (non-hydrogen) atoms. The number of rotatable bonds is 4. The van der Waals surface area contributed by atoms with Gasteiger partial charge in [-0.2, -0.15) is 0 Å². The van der Waals surface area contributed by atoms with Gasteiger partial charge in [-0.3, -0.25) is 4.79 Å². The Bertz CT molecular complexity index is 483. The average Bonchev–Trinajstić information content (AvgIpc) is 2.86. The summed E-state index contributed by atoms with van der Waals surface area (Å²) in [6, 6.07) is 0.292. The molecule has 2 heterocycles. The minimum atomic E-state index is 0.0184. The van der Waals surface area contributed by atoms with Crippen LogP contribution in [0.25, 0.3) is 0 Å². The first-order valence-corrected chi connectivity index (χ1v) is 8.37. The van der Waals surface area contributed by atoms with Gasteiger partial charge < -0.3 is 10.6 Å². The Morgan fingerprint density at radius 1 is 1.55 bits per heavy atom. The Morgan fingerprint density at radius 2 is 2.40 bits per heavy atom. The number of aryl methyl sites for hydroxylation is 1. The van der Waals surface area contributed by atoms with E-state index >= 15 is 0 Å². The molecule has 2 N–H and O–H groups in total. The summed E-state index contributed by atoms with van der Waals surface area (Å²) < 4.78 is 3.93. The van der Waals surface area contributed by atoms with E-state index in [1.165, 1.54) is 30.8 Å². The van der Waals surface area contributed by atoms with Crippen LogP contribution in [0, 0.1) is 0 Å². The highest BCUT2D eigenvalue weighted by atomic mass is 32.1. The summed E-state index contributed by atoms with van der Waals surface area (Å²) in [6.45, 7) is 3.10. The topological polar surface area (TPSA) is 66.9 Å². The highest BCUT2D eigenvalue weighted by Crippen LogP contribution is 2.38. The van der Waals surface area contributed by atoms with Crippen LogP contribution in [0.2, 0.25) is 0 Å². The van der Waals surface area contributed by atoms with Crippen LogP contribution in [0.4, 0.5) is 0 Å². The molecule has 1 aliphatic heterocycles. The zero-order valence-corrected chi connectivity index (χ0v) is 12.8. The molecule has 1 amide bonds. The van der Waals surface area contributed by atoms with Gasteiger partial charge in [0.1, 0.15) is 4.88 Å². The molecule has 1 saturated heterocycles. The largest absolute Gasteiger partial charge is 0.348 e. The molecular formula is C14H22N4OS. The lowest BCUT2D eigenvalue weighted by Gasteiger charge is -2.48. The molecule has 0 bridgehead atoms. The van der Waals surface area contributed by atoms with Crippen molar-refractivity contribution in [2.24, 2.45) is 0 Å². The van der Waals surface area contributed by atoms with Crippen molar-refractivity contribution < 1.29 is 4.79 Å². The number of aromatic nitrogens is 2. The van der Waals surface area contributed by atoms with E-state index in [9.17, 15) is 4.79 Å². The summed E-state index contributed by atoms with van der Waals surface area (Å²) in [4.78, 5) is 13.1. The molecule has 5 nitrogen and oxygen atoms in total. The first kappa shape index (κ1) is 13.9. The number of hydrogen-bond donors (Lipinski definition) is 2. The first-order chi connectivity index (χ1) is 9.72. The normalized spacial score (nSPS) is 24.4. The van der Waals surface area contributed by atoms with E-state index in [1.807, 2.05) is 0 Å². The molecule has 2 fully saturated rings. The Morgan fingerprint density at radius 3 is 3.10 bits per heavy atom. The molecule has 1 aromatic rings. The minimum absolute atomic E-state index is 0.0184. The van der Waals surface area contributed by atoms with Gasteiger partial charge >= 0.3 is 0 Å². The molecule has 1 unspecified atom stereocenters. The van der Waals surface area contributed by atoms with E-state index in [0.29, 0.717) is 16.5 Å². The number of amides is 1. The number of hydrogen-bond acceptors (Lipinski definition) is 5. The lowest BCUT2D eigenvalue weighted by molar-refractivity contribution is 0.0855. The third-order valence-corrected chi connectivity index (χ3v) is 5.29. The van der Waals surface area contributed by atoms with Crippen molar-refractivity contribution in [3.8, 4) is 0 Å². The summed E-state index contributed by atoms with van der Waals surface area (Å²) in [5, 5.41) is 10.9. The molecule has 0 aromatic carbocycles. The standard InChI is InChI=1S/C14H22N4OS/c1-2-4-11-12(20-18-17-11)13(19)16-10-5-8-15-14(9-10)6-3-7-14/h10,15H,2-9H2,1H3,(H,16,19). The van der Waals surface area contributed by atoms with Gasteiger partial charge in [0.05, 0.1) is 5.69 Å². The number of nitrogens with one attached hydrogen (secondary N) is 2. The van der Waals surface area contributed by atoms with Crippen LogP contribution in [-0.2, 0) is 6.42 Å². The Balaban J connectivity index is 1.62. The van der Waals surface area contributed by atoms with Crippen molar-refractivity contribution >= 4 is 17.4 Å². The van der Waals surface area contributed by atoms with Crippen LogP contribution >= 0.6 is 11.5 Å². The van der Waals surface area contributed by atoms with Crippen molar-refractivity contribution in [1.29, 1.82) is 0 Å². The van der Waals surface area contributed by atoms with Gasteiger partial charge in [0.15, 0.2) is 0 Å². The lowest BCUT2D eigenvalue weighted by atomic mass is 9.70. The maximum absolute atomic E-state index is 12.4. The van der Waals surface area contributed by atoms with E-state index in [1.54, 1.807) is 0 Å². The van der Waals surface area contributed by atoms with Crippen LogP contribution in [0.5, 0.6) is 0 Å². The molecule has 1 aliphatic carbocycles. The predicted octanol–water partition coefficient (Wildman–Crippen LogP) is 1.90. The quantitative estimate of drug-likeness (QED) is 0.890. The summed E-state index contributed by atoms with van der Waals surface area (Å²) in [6.07, 6.45) is 7.71. The minimum Gasteiger partial charge on any atom is -0.348 e. The molecule has 1 atom stereocenters. The van der Waals surface area contributed by atoms with E-state index < -0.39 is 0 Å². The molecule has 110 valence electrons. The van der Waals surface area contributed by atoms with Crippen molar-refractivity contribution in [2.75, 3.05) is 6.54 Å². The van der Waals surface area contributed by atoms with Crippen LogP contribution in [0.15, 0.2) is 0 Å². The van der Waals surface area contributed by atoms with Crippen LogP contribution in [0.3, 0.4) is 0 Å². The zero-order valence-electron chi connectivity index (χ0n) is 11.9. The summed E-state index contributed by atoms with van der Waals surface area (Å²) >= 11 is 1.22. The van der Waals surface area contributed by atoms with Gasteiger partial charge in [0.2, 0.25) is 0 Å². The zero-order chi connectivity index (χ0) is 14.0. The second kappa shape index (κ2) is 5.77. The van der Waals surface area contributed by atoms with Crippen molar-refractivity contribution in [1.82, 2.24) is 20.2 Å². The maximum Gasteiger partial charge on any atom is 0.265 e. The van der Waals surface area contributed by atoms with Gasteiger partial charge in [0, 0.05) is 11.6 Å². The monoisotopic (exact) mass is 294 g/mol. The first-order valence-electron chi connectivity index (χ1n) is 7.59. The molecule has 1 saturated carbocycles. The van der Waals surface area contributed by atoms with Crippen molar-refractivity contribution in [3.05, 3.63) is 10.6 Å². The van der Waals surface area contributed by atoms with Crippen LogP contribution in [0.1, 0.15) is 60.8 Å². The third-order valence-electron chi connectivity index (χ3n) is 4.52. The van der Waals surface area contributed by atoms with Gasteiger partial charge in [-0.25, -0.2) is 0 Å². The Labute approximate surface area is 123 Å². The Hall–Kier alpha value is -1.01. The van der Waals surface area contributed by atoms with Crippen LogP contribution < -0.4 is 10.6 Å². The van der Waals surface area contributed by atoms with Crippen molar-refractivity contribution in [3.63, 3.8) is 0 Å². The van der Waals surface area contributed by atoms with Gasteiger partial charge in [0.25, 0.3) is 5.91 Å². The smallest absolute Gasteiger partial charge is 0.265 e. The number of nitrogens with zero attached hydrogens (tertiary/aromatic N) is 2. The summed E-state index contributed by atoms with van der Waals surface area (Å²) in [5.41, 5.74) is 1.16. The number of piperidine rings is 1. The van der Waals surface area contributed by atoms with E-state index in [2.05, 4.69) is 27.1 Å². The highest BCUT2D eigenvalue weighted by molar-refractivity contribution is 7.08. The summed E-state index contributed by atoms with van der Waals surface area (Å²) in [7, 11) is 0. The third kappa shape index (κ3) is 2.72. The summed E-state index contributed by atoms with van der Waals surface area (Å²) in [5.74, 6) is 0.0184. The second-order valence-electron chi connectivity index (χ2n) is 6.02. The molecular weight excluding hydrogens is 272 g/mol.